The Morgan fingerprint density at radius 3 is 2.68 bits per heavy atom. The minimum atomic E-state index is -0.667. The lowest BCUT2D eigenvalue weighted by Crippen LogP contribution is -2.12. The Bertz CT molecular complexity index is 762. The van der Waals surface area contributed by atoms with E-state index in [4.69, 9.17) is 16.9 Å². The Kier molecular flexibility index (Phi) is 3.28. The van der Waals surface area contributed by atoms with Crippen molar-refractivity contribution in [3.63, 3.8) is 0 Å². The molecule has 0 radical (unpaired) electrons. The zero-order valence-corrected chi connectivity index (χ0v) is 10.5. The van der Waals surface area contributed by atoms with E-state index in [1.54, 1.807) is 13.0 Å². The van der Waals surface area contributed by atoms with Gasteiger partial charge in [0, 0.05) is 16.8 Å². The first kappa shape index (κ1) is 13.1. The van der Waals surface area contributed by atoms with Crippen molar-refractivity contribution in [2.45, 2.75) is 6.92 Å². The van der Waals surface area contributed by atoms with Crippen molar-refractivity contribution >= 4 is 11.6 Å². The molecule has 0 spiro atoms. The van der Waals surface area contributed by atoms with Crippen molar-refractivity contribution in [2.75, 3.05) is 0 Å². The molecule has 0 saturated heterocycles. The van der Waals surface area contributed by atoms with Crippen molar-refractivity contribution in [1.29, 1.82) is 5.26 Å². The Hall–Kier alpha value is -2.32. The van der Waals surface area contributed by atoms with Crippen LogP contribution in [0.2, 0.25) is 5.02 Å². The summed E-state index contributed by atoms with van der Waals surface area (Å²) in [7, 11) is 0. The van der Waals surface area contributed by atoms with Crippen LogP contribution >= 0.6 is 11.6 Å². The molecule has 2 rings (SSSR count). The highest BCUT2D eigenvalue weighted by Gasteiger charge is 2.16. The first-order chi connectivity index (χ1) is 8.93. The van der Waals surface area contributed by atoms with Crippen molar-refractivity contribution in [3.05, 3.63) is 50.7 Å². The fraction of sp³-hybridized carbons (Fsp3) is 0.0769. The van der Waals surface area contributed by atoms with Crippen LogP contribution in [0.5, 0.6) is 5.75 Å². The standard InChI is InChI=1S/C13H8ClFN2O2/c1-6-2-8(10(5-16)13(19)17-6)9-3-7(15)4-11(14)12(9)18/h2-4,18H,1H3,(H,17,19). The minimum absolute atomic E-state index is 0.00995. The number of aryl methyl sites for hydroxylation is 1. The topological polar surface area (TPSA) is 76.9 Å². The summed E-state index contributed by atoms with van der Waals surface area (Å²) in [5, 5.41) is 18.7. The summed E-state index contributed by atoms with van der Waals surface area (Å²) in [6.45, 7) is 1.62. The molecule has 0 bridgehead atoms. The van der Waals surface area contributed by atoms with E-state index in [1.165, 1.54) is 6.07 Å². The number of aromatic amines is 1. The van der Waals surface area contributed by atoms with Crippen LogP contribution in [0.25, 0.3) is 11.1 Å². The molecule has 6 heteroatoms. The van der Waals surface area contributed by atoms with Gasteiger partial charge in [0.1, 0.15) is 23.2 Å². The molecule has 0 aliphatic rings. The highest BCUT2D eigenvalue weighted by atomic mass is 35.5. The summed E-state index contributed by atoms with van der Waals surface area (Å²) in [4.78, 5) is 14.1. The van der Waals surface area contributed by atoms with E-state index < -0.39 is 11.4 Å². The SMILES string of the molecule is Cc1cc(-c2cc(F)cc(Cl)c2O)c(C#N)c(=O)[nH]1. The molecule has 4 nitrogen and oxygen atoms in total. The number of benzene rings is 1. The number of H-pyrrole nitrogens is 1. The van der Waals surface area contributed by atoms with E-state index in [2.05, 4.69) is 4.98 Å². The summed E-state index contributed by atoms with van der Waals surface area (Å²) >= 11 is 5.69. The van der Waals surface area contributed by atoms with Gasteiger partial charge in [0.2, 0.25) is 0 Å². The number of nitrogens with one attached hydrogen (secondary N) is 1. The number of nitriles is 1. The molecule has 0 atom stereocenters. The molecular formula is C13H8ClFN2O2. The Morgan fingerprint density at radius 1 is 1.37 bits per heavy atom. The number of hydrogen-bond acceptors (Lipinski definition) is 3. The van der Waals surface area contributed by atoms with Crippen LogP contribution in [-0.4, -0.2) is 10.1 Å². The van der Waals surface area contributed by atoms with Gasteiger partial charge in [-0.1, -0.05) is 11.6 Å². The van der Waals surface area contributed by atoms with Crippen LogP contribution in [0.4, 0.5) is 4.39 Å². The van der Waals surface area contributed by atoms with Gasteiger partial charge in [0.05, 0.1) is 5.02 Å². The first-order valence-electron chi connectivity index (χ1n) is 5.26. The van der Waals surface area contributed by atoms with Crippen molar-refractivity contribution in [2.24, 2.45) is 0 Å². The lowest BCUT2D eigenvalue weighted by molar-refractivity contribution is 0.475. The molecule has 2 aromatic rings. The number of aromatic nitrogens is 1. The van der Waals surface area contributed by atoms with Gasteiger partial charge < -0.3 is 10.1 Å². The number of pyridine rings is 1. The third-order valence-electron chi connectivity index (χ3n) is 2.60. The minimum Gasteiger partial charge on any atom is -0.506 e. The van der Waals surface area contributed by atoms with Crippen molar-refractivity contribution in [1.82, 2.24) is 4.98 Å². The normalized spacial score (nSPS) is 10.2. The number of rotatable bonds is 1. The van der Waals surface area contributed by atoms with Crippen LogP contribution < -0.4 is 5.56 Å². The summed E-state index contributed by atoms with van der Waals surface area (Å²) in [5.74, 6) is -1.04. The molecule has 96 valence electrons. The van der Waals surface area contributed by atoms with Gasteiger partial charge in [-0.3, -0.25) is 4.79 Å². The lowest BCUT2D eigenvalue weighted by atomic mass is 10.00. The van der Waals surface area contributed by atoms with E-state index in [0.29, 0.717) is 5.69 Å². The molecule has 0 fully saturated rings. The largest absolute Gasteiger partial charge is 0.506 e. The number of phenolic OH excluding ortho intramolecular Hbond substituents is 1. The van der Waals surface area contributed by atoms with E-state index >= 15 is 0 Å². The third kappa shape index (κ3) is 2.30. The summed E-state index contributed by atoms with van der Waals surface area (Å²) in [6.07, 6.45) is 0. The maximum atomic E-state index is 13.4. The third-order valence-corrected chi connectivity index (χ3v) is 2.89. The number of nitrogens with zero attached hydrogens (tertiary/aromatic N) is 1. The number of aromatic hydroxyl groups is 1. The Balaban J connectivity index is 2.87. The van der Waals surface area contributed by atoms with Crippen LogP contribution in [0.1, 0.15) is 11.3 Å². The molecule has 0 aliphatic heterocycles. The van der Waals surface area contributed by atoms with Crippen molar-refractivity contribution in [3.8, 4) is 22.9 Å². The van der Waals surface area contributed by atoms with Crippen LogP contribution in [-0.2, 0) is 0 Å². The molecule has 1 aromatic carbocycles. The number of hydrogen-bond donors (Lipinski definition) is 2. The van der Waals surface area contributed by atoms with Gasteiger partial charge >= 0.3 is 0 Å². The maximum Gasteiger partial charge on any atom is 0.266 e. The van der Waals surface area contributed by atoms with Crippen LogP contribution in [0.3, 0.4) is 0 Å². The fourth-order valence-corrected chi connectivity index (χ4v) is 1.99. The average molecular weight is 279 g/mol. The highest BCUT2D eigenvalue weighted by Crippen LogP contribution is 2.36. The average Bonchev–Trinajstić information content (AvgIpc) is 2.33. The summed E-state index contributed by atoms with van der Waals surface area (Å²) in [5.41, 5.74) is -0.169. The second-order valence-corrected chi connectivity index (χ2v) is 4.37. The monoisotopic (exact) mass is 278 g/mol. The number of halogens is 2. The molecule has 0 aliphatic carbocycles. The molecule has 1 aromatic heterocycles. The molecule has 2 N–H and O–H groups in total. The van der Waals surface area contributed by atoms with E-state index in [-0.39, 0.29) is 27.5 Å². The van der Waals surface area contributed by atoms with Crippen LogP contribution in [0, 0.1) is 24.1 Å². The van der Waals surface area contributed by atoms with Gasteiger partial charge in [0.25, 0.3) is 5.56 Å². The molecule has 19 heavy (non-hydrogen) atoms. The summed E-state index contributed by atoms with van der Waals surface area (Å²) in [6, 6.07) is 5.19. The zero-order chi connectivity index (χ0) is 14.2. The second kappa shape index (κ2) is 4.75. The highest BCUT2D eigenvalue weighted by molar-refractivity contribution is 6.32. The van der Waals surface area contributed by atoms with Gasteiger partial charge in [-0.2, -0.15) is 5.26 Å². The maximum absolute atomic E-state index is 13.4. The van der Waals surface area contributed by atoms with Crippen molar-refractivity contribution < 1.29 is 9.50 Å². The van der Waals surface area contributed by atoms with Gasteiger partial charge in [-0.25, -0.2) is 4.39 Å². The molecule has 1 heterocycles. The van der Waals surface area contributed by atoms with Gasteiger partial charge in [-0.05, 0) is 25.1 Å². The fourth-order valence-electron chi connectivity index (χ4n) is 1.78. The van der Waals surface area contributed by atoms with E-state index in [1.807, 2.05) is 0 Å². The Morgan fingerprint density at radius 2 is 2.05 bits per heavy atom. The molecule has 0 saturated carbocycles. The van der Waals surface area contributed by atoms with E-state index in [0.717, 1.165) is 12.1 Å². The number of phenols is 1. The predicted molar refractivity (Wildman–Crippen MR) is 68.6 cm³/mol. The first-order valence-corrected chi connectivity index (χ1v) is 5.64. The lowest BCUT2D eigenvalue weighted by Gasteiger charge is -2.09. The van der Waals surface area contributed by atoms with E-state index in [9.17, 15) is 14.3 Å². The van der Waals surface area contributed by atoms with Gasteiger partial charge in [0.15, 0.2) is 0 Å². The summed E-state index contributed by atoms with van der Waals surface area (Å²) < 4.78 is 13.4. The van der Waals surface area contributed by atoms with Gasteiger partial charge in [-0.15, -0.1) is 0 Å². The predicted octanol–water partition coefficient (Wildman–Crippen LogP) is 2.72. The van der Waals surface area contributed by atoms with Crippen LogP contribution in [0.15, 0.2) is 23.0 Å². The molecule has 0 amide bonds. The zero-order valence-electron chi connectivity index (χ0n) is 9.79. The Labute approximate surface area is 112 Å². The quantitative estimate of drug-likeness (QED) is 0.842. The second-order valence-electron chi connectivity index (χ2n) is 3.97. The molecular weight excluding hydrogens is 271 g/mol. The smallest absolute Gasteiger partial charge is 0.266 e. The molecule has 0 unspecified atom stereocenters.